The van der Waals surface area contributed by atoms with Crippen LogP contribution in [0.2, 0.25) is 0 Å². The molecule has 4 N–H and O–H groups in total. The van der Waals surface area contributed by atoms with Crippen LogP contribution in [-0.4, -0.2) is 76.9 Å². The molecule has 63 heavy (non-hydrogen) atoms. The van der Waals surface area contributed by atoms with E-state index >= 15 is 0 Å². The molecule has 0 aromatic carbocycles. The van der Waals surface area contributed by atoms with E-state index in [1.807, 2.05) is 36.5 Å². The second-order valence-corrected chi connectivity index (χ2v) is 18.7. The van der Waals surface area contributed by atoms with Crippen LogP contribution < -0.4 is 0 Å². The highest BCUT2D eigenvalue weighted by Gasteiger charge is 2.27. The lowest BCUT2D eigenvalue weighted by molar-refractivity contribution is -0.161. The van der Waals surface area contributed by atoms with Crippen LogP contribution in [0.15, 0.2) is 48.6 Å². The zero-order chi connectivity index (χ0) is 46.5. The number of phosphoric acid groups is 1. The van der Waals surface area contributed by atoms with Crippen molar-refractivity contribution in [1.29, 1.82) is 0 Å². The first-order chi connectivity index (χ1) is 30.5. The molecule has 0 saturated heterocycles. The largest absolute Gasteiger partial charge is 0.472 e. The van der Waals surface area contributed by atoms with Gasteiger partial charge in [-0.05, 0) is 50.9 Å². The van der Waals surface area contributed by atoms with Crippen molar-refractivity contribution in [2.75, 3.05) is 26.4 Å². The third-order valence-corrected chi connectivity index (χ3v) is 12.1. The van der Waals surface area contributed by atoms with Crippen molar-refractivity contribution in [1.82, 2.24) is 0 Å². The second-order valence-electron chi connectivity index (χ2n) is 17.3. The number of carbonyl (C=O) groups is 2. The molecule has 0 rings (SSSR count). The van der Waals surface area contributed by atoms with Crippen molar-refractivity contribution in [2.24, 2.45) is 5.92 Å². The summed E-state index contributed by atoms with van der Waals surface area (Å²) in [5.74, 6) is -0.134. The summed E-state index contributed by atoms with van der Waals surface area (Å²) >= 11 is 0. The van der Waals surface area contributed by atoms with Crippen LogP contribution in [0.5, 0.6) is 0 Å². The molecular weight excluding hydrogens is 820 g/mol. The summed E-state index contributed by atoms with van der Waals surface area (Å²) in [5, 5.41) is 28.4. The monoisotopic (exact) mass is 913 g/mol. The Kier molecular flexibility index (Phi) is 43.6. The SMILES string of the molecule is CCCCC/C=C\C[C@H](O)/C=C/C=C\C/C=C\CCCC(=O)O[C@H](COC(=O)CCCCCCCCCCCCCCCCCCCCC(C)CC)COP(=O)(O)OC[C@@H](O)CO. The van der Waals surface area contributed by atoms with Crippen molar-refractivity contribution in [2.45, 2.75) is 232 Å². The lowest BCUT2D eigenvalue weighted by Crippen LogP contribution is -2.29. The predicted octanol–water partition coefficient (Wildman–Crippen LogP) is 12.9. The Labute approximate surface area is 384 Å². The first kappa shape index (κ1) is 60.9. The van der Waals surface area contributed by atoms with Gasteiger partial charge in [0.25, 0.3) is 0 Å². The van der Waals surface area contributed by atoms with Gasteiger partial charge in [-0.2, -0.15) is 0 Å². The first-order valence-electron chi connectivity index (χ1n) is 25.1. The predicted molar refractivity (Wildman–Crippen MR) is 257 cm³/mol. The number of carbonyl (C=O) groups excluding carboxylic acids is 2. The molecule has 0 aliphatic carbocycles. The zero-order valence-electron chi connectivity index (χ0n) is 40.1. The quantitative estimate of drug-likeness (QED) is 0.0151. The molecule has 11 nitrogen and oxygen atoms in total. The summed E-state index contributed by atoms with van der Waals surface area (Å²) in [7, 11) is -4.65. The number of allylic oxidation sites excluding steroid dienone is 6. The number of esters is 2. The number of aliphatic hydroxyl groups is 3. The minimum absolute atomic E-state index is 0.0767. The van der Waals surface area contributed by atoms with Gasteiger partial charge in [0, 0.05) is 12.8 Å². The summed E-state index contributed by atoms with van der Waals surface area (Å²) in [6.07, 6.45) is 45.4. The highest BCUT2D eigenvalue weighted by atomic mass is 31.2. The topological polar surface area (TPSA) is 169 Å². The van der Waals surface area contributed by atoms with Crippen LogP contribution in [-0.2, 0) is 32.7 Å². The number of unbranched alkanes of at least 4 members (excludes halogenated alkanes) is 21. The first-order valence-corrected chi connectivity index (χ1v) is 26.6. The van der Waals surface area contributed by atoms with Crippen LogP contribution in [0.4, 0.5) is 0 Å². The van der Waals surface area contributed by atoms with Crippen molar-refractivity contribution in [3.8, 4) is 0 Å². The number of rotatable bonds is 46. The third-order valence-electron chi connectivity index (χ3n) is 11.1. The molecule has 5 atom stereocenters. The molecule has 0 spiro atoms. The van der Waals surface area contributed by atoms with Crippen molar-refractivity contribution < 1.29 is 52.9 Å². The fraction of sp³-hybridized carbons (Fsp3) is 0.804. The Morgan fingerprint density at radius 2 is 1.14 bits per heavy atom. The van der Waals surface area contributed by atoms with E-state index in [9.17, 15) is 29.3 Å². The maximum Gasteiger partial charge on any atom is 0.472 e. The summed E-state index contributed by atoms with van der Waals surface area (Å²) in [6.45, 7) is 4.61. The maximum atomic E-state index is 12.6. The van der Waals surface area contributed by atoms with E-state index in [1.54, 1.807) is 6.08 Å². The number of hydrogen-bond donors (Lipinski definition) is 4. The van der Waals surface area contributed by atoms with Gasteiger partial charge in [-0.1, -0.05) is 204 Å². The Morgan fingerprint density at radius 3 is 1.73 bits per heavy atom. The molecule has 0 bridgehead atoms. The zero-order valence-corrected chi connectivity index (χ0v) is 41.0. The molecule has 12 heteroatoms. The molecule has 0 heterocycles. The van der Waals surface area contributed by atoms with E-state index in [1.165, 1.54) is 122 Å². The fourth-order valence-electron chi connectivity index (χ4n) is 6.81. The number of hydrogen-bond acceptors (Lipinski definition) is 10. The van der Waals surface area contributed by atoms with Gasteiger partial charge in [-0.3, -0.25) is 18.6 Å². The summed E-state index contributed by atoms with van der Waals surface area (Å²) in [6, 6.07) is 0. The van der Waals surface area contributed by atoms with E-state index in [-0.39, 0.29) is 19.4 Å². The van der Waals surface area contributed by atoms with Crippen molar-refractivity contribution >= 4 is 19.8 Å². The molecule has 0 aliphatic heterocycles. The molecular formula is C51H93O11P. The molecule has 0 fully saturated rings. The molecule has 2 unspecified atom stereocenters. The van der Waals surface area contributed by atoms with Gasteiger partial charge in [0.05, 0.1) is 25.9 Å². The summed E-state index contributed by atoms with van der Waals surface area (Å²) in [4.78, 5) is 35.1. The van der Waals surface area contributed by atoms with Crippen LogP contribution in [0.3, 0.4) is 0 Å². The van der Waals surface area contributed by atoms with Gasteiger partial charge in [-0.15, -0.1) is 0 Å². The van der Waals surface area contributed by atoms with Gasteiger partial charge in [-0.25, -0.2) is 4.57 Å². The van der Waals surface area contributed by atoms with Crippen LogP contribution in [0, 0.1) is 5.92 Å². The molecule has 0 aliphatic rings. The average Bonchev–Trinajstić information content (AvgIpc) is 3.27. The minimum Gasteiger partial charge on any atom is -0.462 e. The van der Waals surface area contributed by atoms with Crippen LogP contribution in [0.25, 0.3) is 0 Å². The van der Waals surface area contributed by atoms with Gasteiger partial charge >= 0.3 is 19.8 Å². The lowest BCUT2D eigenvalue weighted by atomic mass is 9.99. The van der Waals surface area contributed by atoms with E-state index in [4.69, 9.17) is 19.1 Å². The lowest BCUT2D eigenvalue weighted by Gasteiger charge is -2.20. The Hall–Kier alpha value is -2.11. The van der Waals surface area contributed by atoms with Crippen molar-refractivity contribution in [3.63, 3.8) is 0 Å². The molecule has 0 radical (unpaired) electrons. The Morgan fingerprint density at radius 1 is 0.603 bits per heavy atom. The minimum atomic E-state index is -4.65. The Balaban J connectivity index is 4.29. The average molecular weight is 913 g/mol. The van der Waals surface area contributed by atoms with E-state index in [0.717, 1.165) is 31.6 Å². The third kappa shape index (κ3) is 44.9. The van der Waals surface area contributed by atoms with Crippen LogP contribution >= 0.6 is 7.82 Å². The smallest absolute Gasteiger partial charge is 0.462 e. The molecule has 0 aromatic rings. The number of ether oxygens (including phenoxy) is 2. The summed E-state index contributed by atoms with van der Waals surface area (Å²) in [5.41, 5.74) is 0. The second kappa shape index (κ2) is 45.1. The number of aliphatic hydroxyl groups excluding tert-OH is 3. The molecule has 0 aromatic heterocycles. The van der Waals surface area contributed by atoms with E-state index < -0.39 is 57.9 Å². The van der Waals surface area contributed by atoms with Crippen LogP contribution in [0.1, 0.15) is 213 Å². The molecule has 0 saturated carbocycles. The van der Waals surface area contributed by atoms with Crippen molar-refractivity contribution in [3.05, 3.63) is 48.6 Å². The normalized spacial score (nSPS) is 15.1. The molecule has 0 amide bonds. The van der Waals surface area contributed by atoms with Gasteiger partial charge < -0.3 is 29.7 Å². The summed E-state index contributed by atoms with van der Waals surface area (Å²) < 4.78 is 32.7. The van der Waals surface area contributed by atoms with Gasteiger partial charge in [0.1, 0.15) is 12.7 Å². The van der Waals surface area contributed by atoms with Gasteiger partial charge in [0.2, 0.25) is 0 Å². The van der Waals surface area contributed by atoms with E-state index in [2.05, 4.69) is 31.4 Å². The van der Waals surface area contributed by atoms with Gasteiger partial charge in [0.15, 0.2) is 6.10 Å². The van der Waals surface area contributed by atoms with E-state index in [0.29, 0.717) is 32.1 Å². The Bertz CT molecular complexity index is 1220. The standard InChI is InChI=1S/C51H93O11P/c1-4-6-7-8-28-33-38-47(53)39-34-29-24-21-22-26-31-36-41-51(56)62-49(45-61-63(57,58)60-43-48(54)42-52)44-59-50(55)40-35-30-25-20-18-16-14-12-10-9-11-13-15-17-19-23-27-32-37-46(3)5-2/h22,24,26,28-29,33-34,39,46-49,52-54H,4-21,23,25,27,30-32,35-38,40-45H2,1-3H3,(H,57,58)/b26-22-,29-24-,33-28-,39-34+/t46?,47-,48-,49+/m0/s1. The maximum absolute atomic E-state index is 12.6. The molecule has 368 valence electrons. The highest BCUT2D eigenvalue weighted by Crippen LogP contribution is 2.43. The highest BCUT2D eigenvalue weighted by molar-refractivity contribution is 7.47. The number of phosphoric ester groups is 1. The fourth-order valence-corrected chi connectivity index (χ4v) is 7.60.